The van der Waals surface area contributed by atoms with Crippen molar-refractivity contribution in [2.24, 2.45) is 0 Å². The van der Waals surface area contributed by atoms with Gasteiger partial charge in [-0.05, 0) is 28.4 Å². The standard InChI is InChI=1S/C13H10BrFN2O2/c1-6-8(4-16)13(18-3)11(14)12(15)10(6)9-5-19-7(2)17-9/h5H,1-3H3. The number of hydrogen-bond acceptors (Lipinski definition) is 4. The number of benzene rings is 1. The monoisotopic (exact) mass is 324 g/mol. The van der Waals surface area contributed by atoms with Crippen molar-refractivity contribution in [3.63, 3.8) is 0 Å². The van der Waals surface area contributed by atoms with Gasteiger partial charge in [0.05, 0.1) is 17.1 Å². The first-order chi connectivity index (χ1) is 9.01. The van der Waals surface area contributed by atoms with Crippen molar-refractivity contribution in [3.8, 4) is 23.1 Å². The summed E-state index contributed by atoms with van der Waals surface area (Å²) in [5.74, 6) is 0.0855. The van der Waals surface area contributed by atoms with E-state index >= 15 is 0 Å². The van der Waals surface area contributed by atoms with Crippen molar-refractivity contribution in [1.29, 1.82) is 5.26 Å². The summed E-state index contributed by atoms with van der Waals surface area (Å²) >= 11 is 3.11. The highest BCUT2D eigenvalue weighted by Crippen LogP contribution is 2.40. The molecule has 0 unspecified atom stereocenters. The molecule has 0 saturated heterocycles. The van der Waals surface area contributed by atoms with Gasteiger partial charge in [0, 0.05) is 12.5 Å². The van der Waals surface area contributed by atoms with Crippen LogP contribution in [0.4, 0.5) is 4.39 Å². The van der Waals surface area contributed by atoms with E-state index in [9.17, 15) is 9.65 Å². The van der Waals surface area contributed by atoms with Gasteiger partial charge in [0.2, 0.25) is 0 Å². The second-order valence-electron chi connectivity index (χ2n) is 3.90. The molecule has 0 N–H and O–H groups in total. The van der Waals surface area contributed by atoms with E-state index in [0.717, 1.165) is 0 Å². The maximum absolute atomic E-state index is 14.4. The van der Waals surface area contributed by atoms with Gasteiger partial charge < -0.3 is 9.15 Å². The van der Waals surface area contributed by atoms with E-state index in [1.807, 2.05) is 6.07 Å². The largest absolute Gasteiger partial charge is 0.494 e. The topological polar surface area (TPSA) is 59.1 Å². The molecule has 6 heteroatoms. The Morgan fingerprint density at radius 2 is 2.16 bits per heavy atom. The predicted octanol–water partition coefficient (Wildman–Crippen LogP) is 3.74. The molecular weight excluding hydrogens is 315 g/mol. The van der Waals surface area contributed by atoms with E-state index in [-0.39, 0.29) is 21.3 Å². The van der Waals surface area contributed by atoms with E-state index in [1.54, 1.807) is 13.8 Å². The van der Waals surface area contributed by atoms with Crippen LogP contribution in [0.1, 0.15) is 17.0 Å². The van der Waals surface area contributed by atoms with E-state index in [1.165, 1.54) is 13.4 Å². The van der Waals surface area contributed by atoms with E-state index in [0.29, 0.717) is 17.1 Å². The molecule has 19 heavy (non-hydrogen) atoms. The lowest BCUT2D eigenvalue weighted by Gasteiger charge is -2.13. The maximum Gasteiger partial charge on any atom is 0.191 e. The SMILES string of the molecule is COc1c(Br)c(F)c(-c2coc(C)n2)c(C)c1C#N. The number of rotatable bonds is 2. The molecule has 0 aliphatic carbocycles. The minimum atomic E-state index is -0.526. The fraction of sp³-hybridized carbons (Fsp3) is 0.231. The normalized spacial score (nSPS) is 10.3. The van der Waals surface area contributed by atoms with Gasteiger partial charge in [0.1, 0.15) is 18.0 Å². The molecule has 0 atom stereocenters. The van der Waals surface area contributed by atoms with Crippen molar-refractivity contribution in [2.45, 2.75) is 13.8 Å². The summed E-state index contributed by atoms with van der Waals surface area (Å²) in [5.41, 5.74) is 1.33. The van der Waals surface area contributed by atoms with E-state index < -0.39 is 5.82 Å². The molecule has 1 aromatic heterocycles. The molecule has 0 amide bonds. The molecule has 0 spiro atoms. The van der Waals surface area contributed by atoms with Gasteiger partial charge >= 0.3 is 0 Å². The number of nitriles is 1. The third kappa shape index (κ3) is 2.10. The zero-order valence-electron chi connectivity index (χ0n) is 10.5. The third-order valence-corrected chi connectivity index (χ3v) is 3.49. The van der Waals surface area contributed by atoms with Crippen LogP contribution in [0.25, 0.3) is 11.3 Å². The molecular formula is C13H10BrFN2O2. The molecule has 0 aliphatic rings. The van der Waals surface area contributed by atoms with Crippen molar-refractivity contribution in [2.75, 3.05) is 7.11 Å². The molecule has 1 heterocycles. The second kappa shape index (κ2) is 5.02. The summed E-state index contributed by atoms with van der Waals surface area (Å²) in [6, 6.07) is 2.02. The van der Waals surface area contributed by atoms with E-state index in [4.69, 9.17) is 9.15 Å². The van der Waals surface area contributed by atoms with Gasteiger partial charge in [0.15, 0.2) is 17.5 Å². The molecule has 0 bridgehead atoms. The Morgan fingerprint density at radius 1 is 1.47 bits per heavy atom. The summed E-state index contributed by atoms with van der Waals surface area (Å²) in [6.07, 6.45) is 1.36. The molecule has 0 fully saturated rings. The van der Waals surface area contributed by atoms with Crippen molar-refractivity contribution in [3.05, 3.63) is 33.6 Å². The number of methoxy groups -OCH3 is 1. The number of aromatic nitrogens is 1. The number of halogens is 2. The highest BCUT2D eigenvalue weighted by Gasteiger charge is 2.24. The van der Waals surface area contributed by atoms with Crippen molar-refractivity contribution >= 4 is 15.9 Å². The van der Waals surface area contributed by atoms with Crippen LogP contribution in [0.2, 0.25) is 0 Å². The Balaban J connectivity index is 2.83. The summed E-state index contributed by atoms with van der Waals surface area (Å²) in [4.78, 5) is 4.10. The third-order valence-electron chi connectivity index (χ3n) is 2.78. The van der Waals surface area contributed by atoms with Crippen LogP contribution < -0.4 is 4.74 Å². The smallest absolute Gasteiger partial charge is 0.191 e. The zero-order valence-corrected chi connectivity index (χ0v) is 12.1. The van der Waals surface area contributed by atoms with Crippen molar-refractivity contribution in [1.82, 2.24) is 4.98 Å². The molecule has 0 saturated carbocycles. The van der Waals surface area contributed by atoms with Crippen LogP contribution in [0.15, 0.2) is 15.2 Å². The Labute approximate surface area is 118 Å². The van der Waals surface area contributed by atoms with Gasteiger partial charge in [-0.15, -0.1) is 0 Å². The maximum atomic E-state index is 14.4. The van der Waals surface area contributed by atoms with Gasteiger partial charge in [-0.2, -0.15) is 5.26 Å². The predicted molar refractivity (Wildman–Crippen MR) is 70.3 cm³/mol. The summed E-state index contributed by atoms with van der Waals surface area (Å²) in [5, 5.41) is 9.21. The Kier molecular flexibility index (Phi) is 3.58. The van der Waals surface area contributed by atoms with Crippen LogP contribution in [0.5, 0.6) is 5.75 Å². The Hall–Kier alpha value is -1.87. The summed E-state index contributed by atoms with van der Waals surface area (Å²) < 4.78 is 24.7. The first kappa shape index (κ1) is 13.6. The molecule has 0 aliphatic heterocycles. The minimum Gasteiger partial charge on any atom is -0.494 e. The fourth-order valence-corrected chi connectivity index (χ4v) is 2.45. The first-order valence-corrected chi connectivity index (χ1v) is 6.18. The van der Waals surface area contributed by atoms with Crippen LogP contribution in [-0.4, -0.2) is 12.1 Å². The average molecular weight is 325 g/mol. The van der Waals surface area contributed by atoms with E-state index in [2.05, 4.69) is 20.9 Å². The van der Waals surface area contributed by atoms with Crippen LogP contribution >= 0.6 is 15.9 Å². The van der Waals surface area contributed by atoms with Gasteiger partial charge in [-0.3, -0.25) is 0 Å². The van der Waals surface area contributed by atoms with Gasteiger partial charge in [-0.25, -0.2) is 9.37 Å². The molecule has 0 radical (unpaired) electrons. The highest BCUT2D eigenvalue weighted by atomic mass is 79.9. The average Bonchev–Trinajstić information content (AvgIpc) is 2.80. The molecule has 4 nitrogen and oxygen atoms in total. The summed E-state index contributed by atoms with van der Waals surface area (Å²) in [6.45, 7) is 3.32. The highest BCUT2D eigenvalue weighted by molar-refractivity contribution is 9.10. The Morgan fingerprint density at radius 3 is 2.63 bits per heavy atom. The quantitative estimate of drug-likeness (QED) is 0.844. The number of hydrogen-bond donors (Lipinski definition) is 0. The number of ether oxygens (including phenoxy) is 1. The number of aryl methyl sites for hydroxylation is 1. The minimum absolute atomic E-state index is 0.104. The fourth-order valence-electron chi connectivity index (χ4n) is 1.89. The lowest BCUT2D eigenvalue weighted by Crippen LogP contribution is -2.00. The molecule has 2 rings (SSSR count). The molecule has 1 aromatic carbocycles. The lowest BCUT2D eigenvalue weighted by atomic mass is 9.99. The van der Waals surface area contributed by atoms with Crippen LogP contribution in [0.3, 0.4) is 0 Å². The first-order valence-electron chi connectivity index (χ1n) is 5.39. The van der Waals surface area contributed by atoms with Crippen LogP contribution in [-0.2, 0) is 0 Å². The molecule has 98 valence electrons. The zero-order chi connectivity index (χ0) is 14.2. The Bertz CT molecular complexity index is 689. The summed E-state index contributed by atoms with van der Waals surface area (Å²) in [7, 11) is 1.39. The molecule has 2 aromatic rings. The van der Waals surface area contributed by atoms with Crippen LogP contribution in [0, 0.1) is 31.0 Å². The second-order valence-corrected chi connectivity index (χ2v) is 4.69. The van der Waals surface area contributed by atoms with Crippen molar-refractivity contribution < 1.29 is 13.5 Å². The van der Waals surface area contributed by atoms with Gasteiger partial charge in [0.25, 0.3) is 0 Å². The van der Waals surface area contributed by atoms with Gasteiger partial charge in [-0.1, -0.05) is 0 Å². The lowest BCUT2D eigenvalue weighted by molar-refractivity contribution is 0.406. The number of nitrogens with zero attached hydrogens (tertiary/aromatic N) is 2. The number of oxazole rings is 1.